The lowest BCUT2D eigenvalue weighted by atomic mass is 10.2. The number of carbonyl (C=O) groups is 1. The fourth-order valence-corrected chi connectivity index (χ4v) is 4.48. The molecule has 0 aliphatic heterocycles. The highest BCUT2D eigenvalue weighted by atomic mass is 35.5. The molecule has 1 aromatic heterocycles. The molecular formula is C13H13ClN2O3S3. The van der Waals surface area contributed by atoms with Gasteiger partial charge in [0, 0.05) is 4.90 Å². The molecule has 9 heteroatoms. The van der Waals surface area contributed by atoms with Crippen molar-refractivity contribution < 1.29 is 13.2 Å². The van der Waals surface area contributed by atoms with E-state index in [9.17, 15) is 13.2 Å². The summed E-state index contributed by atoms with van der Waals surface area (Å²) >= 11 is 7.93. The van der Waals surface area contributed by atoms with Crippen molar-refractivity contribution in [3.05, 3.63) is 46.3 Å². The molecule has 1 heterocycles. The van der Waals surface area contributed by atoms with Crippen molar-refractivity contribution in [1.29, 1.82) is 0 Å². The number of rotatable bonds is 6. The van der Waals surface area contributed by atoms with E-state index in [2.05, 4.69) is 5.43 Å². The minimum Gasteiger partial charge on any atom is -0.277 e. The van der Waals surface area contributed by atoms with Gasteiger partial charge in [0.25, 0.3) is 10.0 Å². The third kappa shape index (κ3) is 4.99. The summed E-state index contributed by atoms with van der Waals surface area (Å²) < 4.78 is 24.2. The average Bonchev–Trinajstić information content (AvgIpc) is 2.92. The molecule has 0 radical (unpaired) electrons. The Balaban J connectivity index is 1.83. The minimum absolute atomic E-state index is 0.0454. The lowest BCUT2D eigenvalue weighted by Gasteiger charge is -2.07. The van der Waals surface area contributed by atoms with E-state index in [1.54, 1.807) is 0 Å². The van der Waals surface area contributed by atoms with Crippen LogP contribution in [0.15, 0.2) is 45.5 Å². The largest absolute Gasteiger partial charge is 0.277 e. The van der Waals surface area contributed by atoms with Crippen molar-refractivity contribution >= 4 is 50.6 Å². The van der Waals surface area contributed by atoms with Crippen LogP contribution in [0.1, 0.15) is 5.56 Å². The molecule has 22 heavy (non-hydrogen) atoms. The molecule has 0 aliphatic carbocycles. The standard InChI is InChI=1S/C13H13ClN2O3S3/c1-9-2-4-10(5-3-9)20-8-12(17)15-16-22(18,19)13-7-6-11(14)21-13/h2-7,16H,8H2,1H3,(H,15,17). The fraction of sp³-hybridized carbons (Fsp3) is 0.154. The molecule has 0 aliphatic rings. The number of nitrogens with one attached hydrogen (secondary N) is 2. The van der Waals surface area contributed by atoms with Crippen molar-refractivity contribution in [3.63, 3.8) is 0 Å². The maximum Gasteiger partial charge on any atom is 0.266 e. The van der Waals surface area contributed by atoms with E-state index >= 15 is 0 Å². The number of sulfonamides is 1. The van der Waals surface area contributed by atoms with Gasteiger partial charge in [0.15, 0.2) is 0 Å². The third-order valence-corrected chi connectivity index (χ3v) is 6.51. The zero-order valence-corrected chi connectivity index (χ0v) is 14.7. The third-order valence-electron chi connectivity index (χ3n) is 2.53. The molecule has 0 saturated heterocycles. The van der Waals surface area contributed by atoms with Crippen molar-refractivity contribution in [2.24, 2.45) is 0 Å². The maximum absolute atomic E-state index is 11.9. The van der Waals surface area contributed by atoms with Crippen LogP contribution in [0.3, 0.4) is 0 Å². The van der Waals surface area contributed by atoms with Crippen molar-refractivity contribution in [3.8, 4) is 0 Å². The second-order valence-electron chi connectivity index (χ2n) is 4.31. The van der Waals surface area contributed by atoms with Gasteiger partial charge in [0.1, 0.15) is 4.21 Å². The smallest absolute Gasteiger partial charge is 0.266 e. The Hall–Kier alpha value is -1.06. The molecule has 1 aromatic carbocycles. The Morgan fingerprint density at radius 3 is 2.50 bits per heavy atom. The zero-order chi connectivity index (χ0) is 16.2. The van der Waals surface area contributed by atoms with Crippen LogP contribution < -0.4 is 10.3 Å². The molecule has 0 bridgehead atoms. The van der Waals surface area contributed by atoms with E-state index in [0.29, 0.717) is 4.34 Å². The van der Waals surface area contributed by atoms with Crippen molar-refractivity contribution in [1.82, 2.24) is 10.3 Å². The number of hydrogen-bond donors (Lipinski definition) is 2. The van der Waals surface area contributed by atoms with Crippen LogP contribution in [0, 0.1) is 6.92 Å². The van der Waals surface area contributed by atoms with E-state index in [1.165, 1.54) is 23.9 Å². The van der Waals surface area contributed by atoms with Crippen LogP contribution in [-0.2, 0) is 14.8 Å². The predicted octanol–water partition coefficient (Wildman–Crippen LogP) is 2.81. The van der Waals surface area contributed by atoms with E-state index in [0.717, 1.165) is 21.8 Å². The van der Waals surface area contributed by atoms with Crippen LogP contribution in [-0.4, -0.2) is 20.1 Å². The van der Waals surface area contributed by atoms with Gasteiger partial charge in [-0.1, -0.05) is 29.3 Å². The number of aryl methyl sites for hydroxylation is 1. The summed E-state index contributed by atoms with van der Waals surface area (Å²) in [5, 5.41) is 0. The van der Waals surface area contributed by atoms with Gasteiger partial charge in [0.05, 0.1) is 10.1 Å². The van der Waals surface area contributed by atoms with E-state index < -0.39 is 15.9 Å². The molecular weight excluding hydrogens is 364 g/mol. The number of thioether (sulfide) groups is 1. The summed E-state index contributed by atoms with van der Waals surface area (Å²) in [6.07, 6.45) is 0. The van der Waals surface area contributed by atoms with Gasteiger partial charge in [-0.2, -0.15) is 0 Å². The SMILES string of the molecule is Cc1ccc(SCC(=O)NNS(=O)(=O)c2ccc(Cl)s2)cc1. The van der Waals surface area contributed by atoms with E-state index in [4.69, 9.17) is 11.6 Å². The molecule has 2 aromatic rings. The van der Waals surface area contributed by atoms with Gasteiger partial charge in [-0.25, -0.2) is 8.42 Å². The molecule has 0 unspecified atom stereocenters. The number of benzene rings is 1. The van der Waals surface area contributed by atoms with Crippen LogP contribution in [0.4, 0.5) is 0 Å². The highest BCUT2D eigenvalue weighted by molar-refractivity contribution is 8.00. The number of carbonyl (C=O) groups excluding carboxylic acids is 1. The zero-order valence-electron chi connectivity index (χ0n) is 11.5. The first kappa shape index (κ1) is 17.3. The van der Waals surface area contributed by atoms with E-state index in [-0.39, 0.29) is 9.96 Å². The fourth-order valence-electron chi connectivity index (χ4n) is 1.44. The van der Waals surface area contributed by atoms with Gasteiger partial charge in [-0.05, 0) is 31.2 Å². The van der Waals surface area contributed by atoms with E-state index in [1.807, 2.05) is 36.0 Å². The molecule has 118 valence electrons. The van der Waals surface area contributed by atoms with Gasteiger partial charge in [-0.3, -0.25) is 10.2 Å². The Bertz CT molecular complexity index is 757. The topological polar surface area (TPSA) is 75.3 Å². The van der Waals surface area contributed by atoms with Crippen LogP contribution in [0.25, 0.3) is 0 Å². The Morgan fingerprint density at radius 2 is 1.91 bits per heavy atom. The Kier molecular flexibility index (Phi) is 5.87. The summed E-state index contributed by atoms with van der Waals surface area (Å²) in [6, 6.07) is 10.6. The normalized spacial score (nSPS) is 11.4. The molecule has 0 fully saturated rings. The second kappa shape index (κ2) is 7.47. The number of halogens is 1. The molecule has 0 spiro atoms. The predicted molar refractivity (Wildman–Crippen MR) is 89.7 cm³/mol. The Morgan fingerprint density at radius 1 is 1.23 bits per heavy atom. The maximum atomic E-state index is 11.9. The molecule has 1 amide bonds. The van der Waals surface area contributed by atoms with Gasteiger partial charge >= 0.3 is 0 Å². The summed E-state index contributed by atoms with van der Waals surface area (Å²) in [4.78, 5) is 14.7. The van der Waals surface area contributed by atoms with Crippen molar-refractivity contribution in [2.45, 2.75) is 16.0 Å². The molecule has 2 rings (SSSR count). The molecule has 0 saturated carbocycles. The lowest BCUT2D eigenvalue weighted by molar-refractivity contribution is -0.119. The number of hydrogen-bond acceptors (Lipinski definition) is 5. The minimum atomic E-state index is -3.78. The van der Waals surface area contributed by atoms with Crippen LogP contribution in [0.2, 0.25) is 4.34 Å². The Labute approximate surface area is 142 Å². The summed E-state index contributed by atoms with van der Waals surface area (Å²) in [5.74, 6) is -0.326. The first-order valence-corrected chi connectivity index (χ1v) is 9.78. The summed E-state index contributed by atoms with van der Waals surface area (Å²) in [7, 11) is -3.78. The van der Waals surface area contributed by atoms with Crippen molar-refractivity contribution in [2.75, 3.05) is 5.75 Å². The average molecular weight is 377 g/mol. The lowest BCUT2D eigenvalue weighted by Crippen LogP contribution is -2.42. The number of amides is 1. The molecule has 2 N–H and O–H groups in total. The number of thiophene rings is 1. The first-order valence-electron chi connectivity index (χ1n) is 6.12. The summed E-state index contributed by atoms with van der Waals surface area (Å²) in [5.41, 5.74) is 3.31. The molecule has 5 nitrogen and oxygen atoms in total. The van der Waals surface area contributed by atoms with Gasteiger partial charge in [0.2, 0.25) is 5.91 Å². The molecule has 0 atom stereocenters. The van der Waals surface area contributed by atoms with Crippen LogP contribution >= 0.6 is 34.7 Å². The highest BCUT2D eigenvalue weighted by Gasteiger charge is 2.17. The first-order chi connectivity index (χ1) is 10.4. The number of hydrazine groups is 1. The quantitative estimate of drug-likeness (QED) is 0.600. The second-order valence-corrected chi connectivity index (χ2v) is 8.99. The summed E-state index contributed by atoms with van der Waals surface area (Å²) in [6.45, 7) is 1.98. The monoisotopic (exact) mass is 376 g/mol. The van der Waals surface area contributed by atoms with Crippen LogP contribution in [0.5, 0.6) is 0 Å². The van der Waals surface area contributed by atoms with Gasteiger partial charge in [-0.15, -0.1) is 27.9 Å². The highest BCUT2D eigenvalue weighted by Crippen LogP contribution is 2.25. The van der Waals surface area contributed by atoms with Gasteiger partial charge < -0.3 is 0 Å².